The van der Waals surface area contributed by atoms with Gasteiger partial charge < -0.3 is 62.5 Å². The lowest BCUT2D eigenvalue weighted by molar-refractivity contribution is -0.138. The molecule has 0 aliphatic carbocycles. The van der Waals surface area contributed by atoms with Crippen molar-refractivity contribution in [2.24, 2.45) is 0 Å². The zero-order valence-corrected chi connectivity index (χ0v) is 29.0. The average molecular weight is 706 g/mol. The van der Waals surface area contributed by atoms with E-state index in [1.807, 2.05) is 30.3 Å². The van der Waals surface area contributed by atoms with E-state index in [1.54, 1.807) is 0 Å². The quantitative estimate of drug-likeness (QED) is 0.0951. The Kier molecular flexibility index (Phi) is 33.8. The van der Waals surface area contributed by atoms with Crippen molar-refractivity contribution >= 4 is 11.9 Å². The minimum atomic E-state index is -0.983. The van der Waals surface area contributed by atoms with Gasteiger partial charge in [0.25, 0.3) is 0 Å². The first-order chi connectivity index (χ1) is 24.2. The first-order valence-corrected chi connectivity index (χ1v) is 17.1. The summed E-state index contributed by atoms with van der Waals surface area (Å²) in [5.74, 6) is -1.25. The molecule has 0 aliphatic heterocycles. The standard InChI is InChI=1S/C34H59NO14/c36-33(7-8-34(37)38)35-9-4-10-39-11-12-40-13-14-41-15-16-42-17-18-43-19-20-44-21-22-45-23-24-46-25-26-47-27-28-48-29-30-49-31-32-5-2-1-3-6-32/h1-3,5-6H,4,7-31H2,(H,35,36)(H,37,38). The van der Waals surface area contributed by atoms with Crippen LogP contribution in [0.4, 0.5) is 0 Å². The predicted octanol–water partition coefficient (Wildman–Crippen LogP) is 1.74. The van der Waals surface area contributed by atoms with Crippen LogP contribution in [0.3, 0.4) is 0 Å². The van der Waals surface area contributed by atoms with Gasteiger partial charge in [0.1, 0.15) is 0 Å². The number of aliphatic carboxylic acids is 1. The minimum absolute atomic E-state index is 0.0102. The number of hydrogen-bond donors (Lipinski definition) is 2. The summed E-state index contributed by atoms with van der Waals surface area (Å²) in [6.07, 6.45) is 0.477. The van der Waals surface area contributed by atoms with Gasteiger partial charge in [-0.05, 0) is 12.0 Å². The normalized spacial score (nSPS) is 11.3. The SMILES string of the molecule is O=C(O)CCC(=O)NCCCOCCOCCOCCOCCOCCOCCOCCOCCOCCOCCOCc1ccccc1. The third-order valence-electron chi connectivity index (χ3n) is 6.19. The molecule has 1 rings (SSSR count). The first kappa shape index (κ1) is 44.7. The summed E-state index contributed by atoms with van der Waals surface area (Å²) in [6, 6.07) is 10.1. The first-order valence-electron chi connectivity index (χ1n) is 17.1. The van der Waals surface area contributed by atoms with E-state index in [1.165, 1.54) is 0 Å². The monoisotopic (exact) mass is 705 g/mol. The van der Waals surface area contributed by atoms with Crippen LogP contribution in [0, 0.1) is 0 Å². The van der Waals surface area contributed by atoms with Crippen molar-refractivity contribution in [3.63, 3.8) is 0 Å². The van der Waals surface area contributed by atoms with Crippen molar-refractivity contribution < 1.29 is 66.8 Å². The smallest absolute Gasteiger partial charge is 0.303 e. The molecule has 0 atom stereocenters. The van der Waals surface area contributed by atoms with Crippen molar-refractivity contribution in [3.8, 4) is 0 Å². The molecule has 1 aromatic carbocycles. The Hall–Kier alpha value is -2.28. The summed E-state index contributed by atoms with van der Waals surface area (Å²) >= 11 is 0. The fourth-order valence-electron chi connectivity index (χ4n) is 3.67. The average Bonchev–Trinajstić information content (AvgIpc) is 3.11. The van der Waals surface area contributed by atoms with Gasteiger partial charge in [0.05, 0.1) is 145 Å². The lowest BCUT2D eigenvalue weighted by Gasteiger charge is -2.09. The number of carboxylic acids is 1. The van der Waals surface area contributed by atoms with Crippen LogP contribution in [-0.2, 0) is 68.3 Å². The van der Waals surface area contributed by atoms with Gasteiger partial charge in [-0.3, -0.25) is 9.59 Å². The summed E-state index contributed by atoms with van der Waals surface area (Å²) in [6.45, 7) is 11.4. The molecule has 15 nitrogen and oxygen atoms in total. The van der Waals surface area contributed by atoms with Gasteiger partial charge in [-0.1, -0.05) is 30.3 Å². The van der Waals surface area contributed by atoms with Crippen LogP contribution in [0.2, 0.25) is 0 Å². The molecule has 0 fully saturated rings. The second-order valence-corrected chi connectivity index (χ2v) is 10.3. The van der Waals surface area contributed by atoms with Gasteiger partial charge in [-0.15, -0.1) is 0 Å². The van der Waals surface area contributed by atoms with E-state index in [0.717, 1.165) is 5.56 Å². The Bertz CT molecular complexity index is 851. The summed E-state index contributed by atoms with van der Waals surface area (Å²) in [5.41, 5.74) is 1.15. The van der Waals surface area contributed by atoms with Gasteiger partial charge in [0.15, 0.2) is 0 Å². The number of amides is 1. The Morgan fingerprint density at radius 1 is 0.449 bits per heavy atom. The number of carbonyl (C=O) groups is 2. The van der Waals surface area contributed by atoms with Crippen molar-refractivity contribution in [2.75, 3.05) is 145 Å². The van der Waals surface area contributed by atoms with Gasteiger partial charge >= 0.3 is 5.97 Å². The molecular formula is C34H59NO14. The minimum Gasteiger partial charge on any atom is -0.481 e. The lowest BCUT2D eigenvalue weighted by atomic mass is 10.2. The highest BCUT2D eigenvalue weighted by Crippen LogP contribution is 2.00. The van der Waals surface area contributed by atoms with Gasteiger partial charge in [-0.2, -0.15) is 0 Å². The number of ether oxygens (including phenoxy) is 11. The molecule has 0 saturated heterocycles. The van der Waals surface area contributed by atoms with Gasteiger partial charge in [0.2, 0.25) is 5.91 Å². The summed E-state index contributed by atoms with van der Waals surface area (Å²) in [5, 5.41) is 11.2. The maximum absolute atomic E-state index is 11.4. The lowest BCUT2D eigenvalue weighted by Crippen LogP contribution is -2.25. The Labute approximate surface area is 291 Å². The molecule has 0 bridgehead atoms. The number of nitrogens with one attached hydrogen (secondary N) is 1. The molecule has 1 amide bonds. The molecule has 0 aromatic heterocycles. The van der Waals surface area contributed by atoms with Crippen molar-refractivity contribution in [1.29, 1.82) is 0 Å². The molecule has 0 aliphatic rings. The topological polar surface area (TPSA) is 168 Å². The van der Waals surface area contributed by atoms with E-state index >= 15 is 0 Å². The predicted molar refractivity (Wildman–Crippen MR) is 179 cm³/mol. The molecule has 0 radical (unpaired) electrons. The van der Waals surface area contributed by atoms with Crippen LogP contribution in [0.5, 0.6) is 0 Å². The highest BCUT2D eigenvalue weighted by molar-refractivity contribution is 5.80. The fourth-order valence-corrected chi connectivity index (χ4v) is 3.67. The Morgan fingerprint density at radius 3 is 1.12 bits per heavy atom. The highest BCUT2D eigenvalue weighted by Gasteiger charge is 2.04. The highest BCUT2D eigenvalue weighted by atomic mass is 16.6. The Morgan fingerprint density at radius 2 is 0.776 bits per heavy atom. The van der Waals surface area contributed by atoms with E-state index in [2.05, 4.69) is 5.32 Å². The van der Waals surface area contributed by atoms with Crippen LogP contribution in [0.25, 0.3) is 0 Å². The molecule has 0 unspecified atom stereocenters. The molecule has 284 valence electrons. The number of hydrogen-bond acceptors (Lipinski definition) is 13. The largest absolute Gasteiger partial charge is 0.481 e. The number of benzene rings is 1. The zero-order valence-electron chi connectivity index (χ0n) is 29.0. The molecular weight excluding hydrogens is 646 g/mol. The van der Waals surface area contributed by atoms with E-state index in [-0.39, 0.29) is 18.7 Å². The zero-order chi connectivity index (χ0) is 35.1. The van der Waals surface area contributed by atoms with Crippen molar-refractivity contribution in [1.82, 2.24) is 5.32 Å². The van der Waals surface area contributed by atoms with Crippen LogP contribution >= 0.6 is 0 Å². The Balaban J connectivity index is 1.62. The maximum Gasteiger partial charge on any atom is 0.303 e. The van der Waals surface area contributed by atoms with E-state index in [0.29, 0.717) is 158 Å². The van der Waals surface area contributed by atoms with Crippen molar-refractivity contribution in [2.45, 2.75) is 25.9 Å². The summed E-state index contributed by atoms with van der Waals surface area (Å²) in [7, 11) is 0. The third kappa shape index (κ3) is 35.4. The van der Waals surface area contributed by atoms with E-state index in [9.17, 15) is 9.59 Å². The van der Waals surface area contributed by atoms with Gasteiger partial charge in [0, 0.05) is 19.6 Å². The fraction of sp³-hybridized carbons (Fsp3) is 0.765. The van der Waals surface area contributed by atoms with Crippen LogP contribution < -0.4 is 5.32 Å². The number of carbonyl (C=O) groups excluding carboxylic acids is 1. The molecule has 2 N–H and O–H groups in total. The summed E-state index contributed by atoms with van der Waals surface area (Å²) in [4.78, 5) is 21.8. The molecule has 0 spiro atoms. The molecule has 15 heteroatoms. The number of rotatable bonds is 39. The number of carboxylic acid groups (broad SMARTS) is 1. The molecule has 1 aromatic rings. The third-order valence-corrected chi connectivity index (χ3v) is 6.19. The molecule has 0 heterocycles. The van der Waals surface area contributed by atoms with E-state index < -0.39 is 5.97 Å². The second kappa shape index (κ2) is 37.0. The summed E-state index contributed by atoms with van der Waals surface area (Å²) < 4.78 is 60.2. The molecule has 0 saturated carbocycles. The maximum atomic E-state index is 11.4. The van der Waals surface area contributed by atoms with Crippen LogP contribution in [0.15, 0.2) is 30.3 Å². The molecule has 49 heavy (non-hydrogen) atoms. The van der Waals surface area contributed by atoms with Crippen molar-refractivity contribution in [3.05, 3.63) is 35.9 Å². The van der Waals surface area contributed by atoms with E-state index in [4.69, 9.17) is 57.2 Å². The van der Waals surface area contributed by atoms with Crippen LogP contribution in [-0.4, -0.2) is 162 Å². The van der Waals surface area contributed by atoms with Gasteiger partial charge in [-0.25, -0.2) is 0 Å². The van der Waals surface area contributed by atoms with Crippen LogP contribution in [0.1, 0.15) is 24.8 Å². The second-order valence-electron chi connectivity index (χ2n) is 10.3.